The van der Waals surface area contributed by atoms with Crippen LogP contribution in [0.3, 0.4) is 0 Å². The Labute approximate surface area is 125 Å². The summed E-state index contributed by atoms with van der Waals surface area (Å²) >= 11 is 10.5. The van der Waals surface area contributed by atoms with Crippen LogP contribution < -0.4 is 0 Å². The highest BCUT2D eigenvalue weighted by Crippen LogP contribution is 2.32. The second-order valence-corrected chi connectivity index (χ2v) is 9.80. The van der Waals surface area contributed by atoms with Gasteiger partial charge in [-0.15, -0.1) is 11.3 Å². The Bertz CT molecular complexity index is 507. The van der Waals surface area contributed by atoms with E-state index in [4.69, 9.17) is 11.6 Å². The summed E-state index contributed by atoms with van der Waals surface area (Å²) in [5.74, 6) is 0.559. The summed E-state index contributed by atoms with van der Waals surface area (Å²) in [4.78, 5) is 0.443. The van der Waals surface area contributed by atoms with E-state index in [1.807, 2.05) is 0 Å². The van der Waals surface area contributed by atoms with E-state index in [1.165, 1.54) is 0 Å². The van der Waals surface area contributed by atoms with E-state index in [0.29, 0.717) is 32.4 Å². The first-order chi connectivity index (χ1) is 8.41. The van der Waals surface area contributed by atoms with Crippen LogP contribution in [0.4, 0.5) is 0 Å². The van der Waals surface area contributed by atoms with Gasteiger partial charge < -0.3 is 0 Å². The van der Waals surface area contributed by atoms with Gasteiger partial charge in [-0.3, -0.25) is 0 Å². The fraction of sp³-hybridized carbons (Fsp3) is 0.636. The van der Waals surface area contributed by atoms with Crippen LogP contribution in [0, 0.1) is 5.92 Å². The molecule has 1 fully saturated rings. The summed E-state index contributed by atoms with van der Waals surface area (Å²) < 4.78 is 27.1. The van der Waals surface area contributed by atoms with Gasteiger partial charge in [0.25, 0.3) is 10.0 Å². The summed E-state index contributed by atoms with van der Waals surface area (Å²) in [5.41, 5.74) is 0. The summed E-state index contributed by atoms with van der Waals surface area (Å²) in [6, 6.07) is 3.22. The van der Waals surface area contributed by atoms with Crippen LogP contribution in [0.5, 0.6) is 0 Å². The van der Waals surface area contributed by atoms with Gasteiger partial charge in [-0.2, -0.15) is 4.31 Å². The largest absolute Gasteiger partial charge is 0.252 e. The molecule has 2 heterocycles. The standard InChI is InChI=1S/C11H15BrClNO2S2/c1-8(12)9-4-6-14(7-5-9)18(15,16)11-3-2-10(13)17-11/h2-3,8-9H,4-7H2,1H3. The highest BCUT2D eigenvalue weighted by atomic mass is 79.9. The maximum atomic E-state index is 12.3. The van der Waals surface area contributed by atoms with Crippen LogP contribution in [-0.4, -0.2) is 30.6 Å². The molecule has 0 aliphatic carbocycles. The molecule has 1 aromatic rings. The summed E-state index contributed by atoms with van der Waals surface area (Å²) in [7, 11) is -3.34. The minimum atomic E-state index is -3.34. The monoisotopic (exact) mass is 371 g/mol. The number of halogens is 2. The maximum absolute atomic E-state index is 12.3. The molecule has 1 atom stereocenters. The van der Waals surface area contributed by atoms with E-state index in [2.05, 4.69) is 22.9 Å². The Hall–Kier alpha value is 0.380. The molecule has 1 unspecified atom stereocenters. The maximum Gasteiger partial charge on any atom is 0.252 e. The third-order valence-corrected chi connectivity index (χ3v) is 7.64. The molecule has 0 radical (unpaired) electrons. The van der Waals surface area contributed by atoms with Crippen LogP contribution in [0.25, 0.3) is 0 Å². The molecule has 0 aromatic carbocycles. The molecule has 102 valence electrons. The molecule has 7 heteroatoms. The van der Waals surface area contributed by atoms with E-state index in [9.17, 15) is 8.42 Å². The number of sulfonamides is 1. The highest BCUT2D eigenvalue weighted by Gasteiger charge is 2.31. The van der Waals surface area contributed by atoms with Gasteiger partial charge in [-0.25, -0.2) is 8.42 Å². The number of hydrogen-bond donors (Lipinski definition) is 0. The van der Waals surface area contributed by atoms with Gasteiger partial charge >= 0.3 is 0 Å². The van der Waals surface area contributed by atoms with Gasteiger partial charge in [0.1, 0.15) is 4.21 Å². The van der Waals surface area contributed by atoms with Crippen LogP contribution in [-0.2, 0) is 10.0 Å². The zero-order valence-electron chi connectivity index (χ0n) is 9.97. The predicted molar refractivity (Wildman–Crippen MR) is 79.2 cm³/mol. The third kappa shape index (κ3) is 3.10. The van der Waals surface area contributed by atoms with Crippen LogP contribution in [0.15, 0.2) is 16.3 Å². The van der Waals surface area contributed by atoms with E-state index in [0.717, 1.165) is 24.2 Å². The third-order valence-electron chi connectivity index (χ3n) is 3.29. The summed E-state index contributed by atoms with van der Waals surface area (Å²) in [6.45, 7) is 3.31. The average Bonchev–Trinajstić information content (AvgIpc) is 2.76. The molecule has 3 nitrogen and oxygen atoms in total. The van der Waals surface area contributed by atoms with E-state index in [1.54, 1.807) is 16.4 Å². The first-order valence-electron chi connectivity index (χ1n) is 5.81. The Kier molecular flexibility index (Phi) is 4.75. The van der Waals surface area contributed by atoms with Crippen molar-refractivity contribution >= 4 is 48.9 Å². The highest BCUT2D eigenvalue weighted by molar-refractivity contribution is 9.09. The zero-order valence-corrected chi connectivity index (χ0v) is 13.9. The van der Waals surface area contributed by atoms with Crippen molar-refractivity contribution in [2.45, 2.75) is 28.8 Å². The van der Waals surface area contributed by atoms with Crippen molar-refractivity contribution in [1.29, 1.82) is 0 Å². The van der Waals surface area contributed by atoms with Crippen molar-refractivity contribution in [3.63, 3.8) is 0 Å². The molecule has 0 N–H and O–H groups in total. The second-order valence-electron chi connectivity index (χ2n) is 4.48. The number of nitrogens with zero attached hydrogens (tertiary/aromatic N) is 1. The van der Waals surface area contributed by atoms with E-state index < -0.39 is 10.0 Å². The lowest BCUT2D eigenvalue weighted by molar-refractivity contribution is 0.275. The molecule has 0 bridgehead atoms. The summed E-state index contributed by atoms with van der Waals surface area (Å²) in [5, 5.41) is 0. The van der Waals surface area contributed by atoms with Gasteiger partial charge in [-0.05, 0) is 30.9 Å². The van der Waals surface area contributed by atoms with Gasteiger partial charge in [0.05, 0.1) is 4.34 Å². The average molecular weight is 373 g/mol. The molecule has 1 saturated heterocycles. The van der Waals surface area contributed by atoms with Crippen LogP contribution >= 0.6 is 38.9 Å². The molecule has 2 rings (SSSR count). The fourth-order valence-electron chi connectivity index (χ4n) is 2.14. The van der Waals surface area contributed by atoms with E-state index >= 15 is 0 Å². The molecule has 1 aliphatic heterocycles. The molecular weight excluding hydrogens is 358 g/mol. The molecule has 0 saturated carbocycles. The molecule has 18 heavy (non-hydrogen) atoms. The van der Waals surface area contributed by atoms with Crippen molar-refractivity contribution in [3.05, 3.63) is 16.5 Å². The molecule has 1 aromatic heterocycles. The van der Waals surface area contributed by atoms with Crippen molar-refractivity contribution < 1.29 is 8.42 Å². The molecule has 0 spiro atoms. The van der Waals surface area contributed by atoms with Gasteiger partial charge in [0.15, 0.2) is 0 Å². The Balaban J connectivity index is 2.09. The molecule has 1 aliphatic rings. The zero-order chi connectivity index (χ0) is 13.3. The Morgan fingerprint density at radius 2 is 2.06 bits per heavy atom. The topological polar surface area (TPSA) is 37.4 Å². The normalized spacial score (nSPS) is 21.1. The predicted octanol–water partition coefficient (Wildman–Crippen LogP) is 3.59. The van der Waals surface area contributed by atoms with Crippen molar-refractivity contribution in [2.75, 3.05) is 13.1 Å². The summed E-state index contributed by atoms with van der Waals surface area (Å²) in [6.07, 6.45) is 1.81. The second kappa shape index (κ2) is 5.79. The first kappa shape index (κ1) is 14.8. The number of hydrogen-bond acceptors (Lipinski definition) is 3. The lowest BCUT2D eigenvalue weighted by Gasteiger charge is -2.32. The lowest BCUT2D eigenvalue weighted by atomic mass is 9.96. The van der Waals surface area contributed by atoms with Crippen molar-refractivity contribution in [2.24, 2.45) is 5.92 Å². The van der Waals surface area contributed by atoms with Gasteiger partial charge in [0, 0.05) is 17.9 Å². The number of rotatable bonds is 3. The van der Waals surface area contributed by atoms with Crippen molar-refractivity contribution in [1.82, 2.24) is 4.31 Å². The SMILES string of the molecule is CC(Br)C1CCN(S(=O)(=O)c2ccc(Cl)s2)CC1. The number of piperidine rings is 1. The Morgan fingerprint density at radius 3 is 2.50 bits per heavy atom. The Morgan fingerprint density at radius 1 is 1.44 bits per heavy atom. The minimum absolute atomic E-state index is 0.345. The molecule has 0 amide bonds. The smallest absolute Gasteiger partial charge is 0.206 e. The van der Waals surface area contributed by atoms with Gasteiger partial charge in [0.2, 0.25) is 0 Å². The van der Waals surface area contributed by atoms with E-state index in [-0.39, 0.29) is 0 Å². The van der Waals surface area contributed by atoms with Gasteiger partial charge in [-0.1, -0.05) is 34.5 Å². The number of alkyl halides is 1. The quantitative estimate of drug-likeness (QED) is 0.760. The minimum Gasteiger partial charge on any atom is -0.206 e. The van der Waals surface area contributed by atoms with Crippen LogP contribution in [0.2, 0.25) is 4.34 Å². The fourth-order valence-corrected chi connectivity index (χ4v) is 5.77. The number of thiophene rings is 1. The van der Waals surface area contributed by atoms with Crippen molar-refractivity contribution in [3.8, 4) is 0 Å². The lowest BCUT2D eigenvalue weighted by Crippen LogP contribution is -2.39. The molecular formula is C11H15BrClNO2S2. The van der Waals surface area contributed by atoms with Crippen LogP contribution in [0.1, 0.15) is 19.8 Å². The first-order valence-corrected chi connectivity index (χ1v) is 9.36.